The van der Waals surface area contributed by atoms with E-state index >= 15 is 0 Å². The van der Waals surface area contributed by atoms with Crippen molar-refractivity contribution >= 4 is 23.3 Å². The molecule has 110 valence electrons. The van der Waals surface area contributed by atoms with Gasteiger partial charge in [-0.3, -0.25) is 4.79 Å². The summed E-state index contributed by atoms with van der Waals surface area (Å²) in [6, 6.07) is 7.03. The van der Waals surface area contributed by atoms with Crippen molar-refractivity contribution in [3.8, 4) is 0 Å². The van der Waals surface area contributed by atoms with E-state index in [1.807, 2.05) is 26.0 Å². The number of carbonyl (C=O) groups excluding carboxylic acids is 1. The standard InChI is InChI=1S/C14H20ClN3O2/c1-4-14(3,12(16)18-20)13(19)17-9(2)10-5-7-11(15)8-6-10/h5-9,20H,4H2,1-3H3,(H2,16,18)(H,17,19). The Morgan fingerprint density at radius 3 is 2.50 bits per heavy atom. The average Bonchev–Trinajstić information content (AvgIpc) is 2.45. The van der Waals surface area contributed by atoms with Gasteiger partial charge in [-0.25, -0.2) is 0 Å². The molecular weight excluding hydrogens is 278 g/mol. The number of halogens is 1. The first-order chi connectivity index (χ1) is 9.35. The number of carbonyl (C=O) groups is 1. The molecule has 4 N–H and O–H groups in total. The minimum atomic E-state index is -1.03. The van der Waals surface area contributed by atoms with Crippen molar-refractivity contribution in [1.82, 2.24) is 5.32 Å². The minimum absolute atomic E-state index is 0.0965. The number of rotatable bonds is 5. The molecule has 0 radical (unpaired) electrons. The first kappa shape index (κ1) is 16.3. The van der Waals surface area contributed by atoms with Crippen molar-refractivity contribution in [2.24, 2.45) is 16.3 Å². The van der Waals surface area contributed by atoms with Crippen LogP contribution in [0.2, 0.25) is 5.02 Å². The summed E-state index contributed by atoms with van der Waals surface area (Å²) in [5.74, 6) is -0.376. The van der Waals surface area contributed by atoms with E-state index in [1.165, 1.54) is 0 Å². The van der Waals surface area contributed by atoms with Crippen LogP contribution in [0.3, 0.4) is 0 Å². The van der Waals surface area contributed by atoms with Gasteiger partial charge in [0.25, 0.3) is 0 Å². The third kappa shape index (κ3) is 3.42. The Kier molecular flexibility index (Phi) is 5.39. The summed E-state index contributed by atoms with van der Waals surface area (Å²) >= 11 is 5.83. The normalized spacial score (nSPS) is 16.3. The number of nitrogens with two attached hydrogens (primary N) is 1. The molecule has 2 atom stereocenters. The van der Waals surface area contributed by atoms with Crippen LogP contribution in [0.5, 0.6) is 0 Å². The van der Waals surface area contributed by atoms with Crippen molar-refractivity contribution in [2.75, 3.05) is 0 Å². The fourth-order valence-corrected chi connectivity index (χ4v) is 1.89. The summed E-state index contributed by atoms with van der Waals surface area (Å²) in [6.45, 7) is 5.32. The molecule has 1 aromatic rings. The highest BCUT2D eigenvalue weighted by Crippen LogP contribution is 2.24. The van der Waals surface area contributed by atoms with Gasteiger partial charge < -0.3 is 16.3 Å². The Balaban J connectivity index is 2.86. The summed E-state index contributed by atoms with van der Waals surface area (Å²) in [5, 5.41) is 15.3. The van der Waals surface area contributed by atoms with Gasteiger partial charge in [0.2, 0.25) is 5.91 Å². The number of oxime groups is 1. The van der Waals surface area contributed by atoms with Gasteiger partial charge in [-0.15, -0.1) is 0 Å². The van der Waals surface area contributed by atoms with Crippen molar-refractivity contribution in [1.29, 1.82) is 0 Å². The molecule has 6 heteroatoms. The van der Waals surface area contributed by atoms with E-state index in [0.29, 0.717) is 11.4 Å². The van der Waals surface area contributed by atoms with Gasteiger partial charge in [0.15, 0.2) is 5.84 Å². The number of amidine groups is 1. The van der Waals surface area contributed by atoms with E-state index in [4.69, 9.17) is 22.5 Å². The van der Waals surface area contributed by atoms with Crippen LogP contribution < -0.4 is 11.1 Å². The second kappa shape index (κ2) is 6.61. The highest BCUT2D eigenvalue weighted by atomic mass is 35.5. The van der Waals surface area contributed by atoms with Gasteiger partial charge in [0, 0.05) is 5.02 Å². The molecule has 0 aromatic heterocycles. The smallest absolute Gasteiger partial charge is 0.234 e. The van der Waals surface area contributed by atoms with Crippen LogP contribution in [0.1, 0.15) is 38.8 Å². The first-order valence-corrected chi connectivity index (χ1v) is 6.77. The van der Waals surface area contributed by atoms with Crippen LogP contribution in [0.4, 0.5) is 0 Å². The lowest BCUT2D eigenvalue weighted by atomic mass is 9.84. The van der Waals surface area contributed by atoms with Crippen LogP contribution in [-0.4, -0.2) is 17.0 Å². The summed E-state index contributed by atoms with van der Waals surface area (Å²) in [7, 11) is 0. The maximum atomic E-state index is 12.3. The molecule has 0 heterocycles. The minimum Gasteiger partial charge on any atom is -0.409 e. The molecule has 20 heavy (non-hydrogen) atoms. The molecule has 0 bridgehead atoms. The molecule has 1 aromatic carbocycles. The van der Waals surface area contributed by atoms with E-state index < -0.39 is 5.41 Å². The number of amides is 1. The topological polar surface area (TPSA) is 87.7 Å². The van der Waals surface area contributed by atoms with Gasteiger partial charge in [-0.2, -0.15) is 0 Å². The molecule has 0 spiro atoms. The Morgan fingerprint density at radius 2 is 2.05 bits per heavy atom. The molecule has 0 aliphatic heterocycles. The van der Waals surface area contributed by atoms with E-state index in [-0.39, 0.29) is 17.8 Å². The molecular formula is C14H20ClN3O2. The molecule has 0 fully saturated rings. The molecule has 0 aliphatic rings. The Labute approximate surface area is 123 Å². The summed E-state index contributed by atoms with van der Waals surface area (Å²) in [4.78, 5) is 12.3. The highest BCUT2D eigenvalue weighted by Gasteiger charge is 2.37. The lowest BCUT2D eigenvalue weighted by molar-refractivity contribution is -0.127. The second-order valence-corrected chi connectivity index (χ2v) is 5.35. The SMILES string of the molecule is CCC(C)(C(=O)NC(C)c1ccc(Cl)cc1)/C(N)=N/O. The lowest BCUT2D eigenvalue weighted by Crippen LogP contribution is -2.48. The maximum Gasteiger partial charge on any atom is 0.234 e. The summed E-state index contributed by atoms with van der Waals surface area (Å²) < 4.78 is 0. The van der Waals surface area contributed by atoms with Gasteiger partial charge in [0.05, 0.1) is 6.04 Å². The van der Waals surface area contributed by atoms with Crippen molar-refractivity contribution < 1.29 is 10.0 Å². The zero-order valence-electron chi connectivity index (χ0n) is 11.9. The predicted molar refractivity (Wildman–Crippen MR) is 79.8 cm³/mol. The molecule has 2 unspecified atom stereocenters. The third-order valence-corrected chi connectivity index (χ3v) is 3.85. The summed E-state index contributed by atoms with van der Waals surface area (Å²) in [5.41, 5.74) is 5.52. The average molecular weight is 298 g/mol. The Hall–Kier alpha value is -1.75. The van der Waals surface area contributed by atoms with Gasteiger partial charge in [-0.05, 0) is 38.0 Å². The number of nitrogens with zero attached hydrogens (tertiary/aromatic N) is 1. The lowest BCUT2D eigenvalue weighted by Gasteiger charge is -2.27. The number of hydrogen-bond acceptors (Lipinski definition) is 3. The van der Waals surface area contributed by atoms with Crippen molar-refractivity contribution in [3.05, 3.63) is 34.9 Å². The quantitative estimate of drug-likeness (QED) is 0.338. The van der Waals surface area contributed by atoms with Crippen molar-refractivity contribution in [3.63, 3.8) is 0 Å². The van der Waals surface area contributed by atoms with Crippen molar-refractivity contribution in [2.45, 2.75) is 33.2 Å². The van der Waals surface area contributed by atoms with Gasteiger partial charge in [0.1, 0.15) is 5.41 Å². The molecule has 1 rings (SSSR count). The Morgan fingerprint density at radius 1 is 1.50 bits per heavy atom. The van der Waals surface area contributed by atoms with E-state index in [0.717, 1.165) is 5.56 Å². The maximum absolute atomic E-state index is 12.3. The fraction of sp³-hybridized carbons (Fsp3) is 0.429. The highest BCUT2D eigenvalue weighted by molar-refractivity contribution is 6.30. The largest absolute Gasteiger partial charge is 0.409 e. The van der Waals surface area contributed by atoms with Crippen LogP contribution in [-0.2, 0) is 4.79 Å². The van der Waals surface area contributed by atoms with Gasteiger partial charge in [-0.1, -0.05) is 35.8 Å². The third-order valence-electron chi connectivity index (χ3n) is 3.60. The number of benzene rings is 1. The van der Waals surface area contributed by atoms with E-state index in [9.17, 15) is 4.79 Å². The van der Waals surface area contributed by atoms with Crippen LogP contribution >= 0.6 is 11.6 Å². The monoisotopic (exact) mass is 297 g/mol. The zero-order valence-corrected chi connectivity index (χ0v) is 12.6. The van der Waals surface area contributed by atoms with Gasteiger partial charge >= 0.3 is 0 Å². The van der Waals surface area contributed by atoms with Crippen LogP contribution in [0, 0.1) is 5.41 Å². The van der Waals surface area contributed by atoms with E-state index in [2.05, 4.69) is 10.5 Å². The number of nitrogens with one attached hydrogen (secondary N) is 1. The number of hydrogen-bond donors (Lipinski definition) is 3. The van der Waals surface area contributed by atoms with E-state index in [1.54, 1.807) is 19.1 Å². The first-order valence-electron chi connectivity index (χ1n) is 6.39. The molecule has 0 aliphatic carbocycles. The van der Waals surface area contributed by atoms with Crippen LogP contribution in [0.25, 0.3) is 0 Å². The summed E-state index contributed by atoms with van der Waals surface area (Å²) in [6.07, 6.45) is 0.433. The Bertz CT molecular complexity index is 502. The second-order valence-electron chi connectivity index (χ2n) is 4.92. The molecule has 0 saturated heterocycles. The molecule has 1 amide bonds. The predicted octanol–water partition coefficient (Wildman–Crippen LogP) is 2.68. The zero-order chi connectivity index (χ0) is 15.3. The van der Waals surface area contributed by atoms with Crippen LogP contribution in [0.15, 0.2) is 29.4 Å². The molecule has 0 saturated carbocycles. The fourth-order valence-electron chi connectivity index (χ4n) is 1.76. The molecule has 5 nitrogen and oxygen atoms in total.